The minimum absolute atomic E-state index is 0.205. The first kappa shape index (κ1) is 15.9. The van der Waals surface area contributed by atoms with Crippen LogP contribution in [0.5, 0.6) is 0 Å². The van der Waals surface area contributed by atoms with Gasteiger partial charge in [0, 0.05) is 24.5 Å². The molecule has 0 aliphatic carbocycles. The van der Waals surface area contributed by atoms with E-state index in [1.807, 2.05) is 30.1 Å². The number of carbonyl (C=O) groups excluding carboxylic acids is 2. The normalized spacial score (nSPS) is 16.0. The topological polar surface area (TPSA) is 87.5 Å². The van der Waals surface area contributed by atoms with Crippen molar-refractivity contribution in [3.63, 3.8) is 0 Å². The second kappa shape index (κ2) is 6.36. The largest absolute Gasteiger partial charge is 0.459 e. The van der Waals surface area contributed by atoms with Crippen molar-refractivity contribution in [1.82, 2.24) is 10.3 Å². The molecule has 1 aliphatic rings. The van der Waals surface area contributed by atoms with Gasteiger partial charge in [-0.2, -0.15) is 0 Å². The van der Waals surface area contributed by atoms with Gasteiger partial charge in [0.25, 0.3) is 11.8 Å². The number of para-hydroxylation sites is 1. The van der Waals surface area contributed by atoms with Crippen LogP contribution in [0.2, 0.25) is 0 Å². The SMILES string of the molecule is CN1c2ncccc2C(=O)NC1c1ccccc1NC(=O)c1ccco1. The van der Waals surface area contributed by atoms with Gasteiger partial charge in [-0.3, -0.25) is 9.59 Å². The van der Waals surface area contributed by atoms with Crippen molar-refractivity contribution < 1.29 is 14.0 Å². The van der Waals surface area contributed by atoms with Crippen molar-refractivity contribution in [2.24, 2.45) is 0 Å². The number of rotatable bonds is 3. The molecule has 1 unspecified atom stereocenters. The first-order chi connectivity index (χ1) is 12.6. The summed E-state index contributed by atoms with van der Waals surface area (Å²) in [5.74, 6) is 0.246. The van der Waals surface area contributed by atoms with E-state index >= 15 is 0 Å². The summed E-state index contributed by atoms with van der Waals surface area (Å²) in [5.41, 5.74) is 1.85. The average molecular weight is 348 g/mol. The quantitative estimate of drug-likeness (QED) is 0.760. The molecule has 0 saturated heterocycles. The smallest absolute Gasteiger partial charge is 0.291 e. The summed E-state index contributed by atoms with van der Waals surface area (Å²) in [4.78, 5) is 31.0. The number of carbonyl (C=O) groups is 2. The first-order valence-electron chi connectivity index (χ1n) is 8.07. The van der Waals surface area contributed by atoms with Crippen molar-refractivity contribution >= 4 is 23.3 Å². The van der Waals surface area contributed by atoms with Gasteiger partial charge in [-0.25, -0.2) is 4.98 Å². The lowest BCUT2D eigenvalue weighted by Crippen LogP contribution is -2.45. The standard InChI is InChI=1S/C19H16N4O3/c1-23-16-13(7-4-10-20-16)18(24)22-17(23)12-6-2-3-8-14(12)21-19(25)15-9-5-11-26-15/h2-11,17H,1H3,(H,21,25)(H,22,24). The van der Waals surface area contributed by atoms with E-state index in [9.17, 15) is 9.59 Å². The van der Waals surface area contributed by atoms with E-state index in [-0.39, 0.29) is 17.6 Å². The van der Waals surface area contributed by atoms with Crippen LogP contribution in [0.1, 0.15) is 32.6 Å². The highest BCUT2D eigenvalue weighted by Crippen LogP contribution is 2.33. The maximum absolute atomic E-state index is 12.5. The molecule has 4 rings (SSSR count). The lowest BCUT2D eigenvalue weighted by atomic mass is 10.0. The van der Waals surface area contributed by atoms with Crippen LogP contribution < -0.4 is 15.5 Å². The van der Waals surface area contributed by atoms with Crippen LogP contribution in [-0.4, -0.2) is 23.8 Å². The number of benzene rings is 1. The molecular weight excluding hydrogens is 332 g/mol. The molecule has 0 spiro atoms. The minimum atomic E-state index is -0.460. The van der Waals surface area contributed by atoms with Crippen molar-refractivity contribution in [2.45, 2.75) is 6.17 Å². The Morgan fingerprint density at radius 1 is 1.19 bits per heavy atom. The highest BCUT2D eigenvalue weighted by atomic mass is 16.3. The summed E-state index contributed by atoms with van der Waals surface area (Å²) in [7, 11) is 1.85. The Morgan fingerprint density at radius 3 is 2.85 bits per heavy atom. The average Bonchev–Trinajstić information content (AvgIpc) is 3.20. The van der Waals surface area contributed by atoms with Gasteiger partial charge >= 0.3 is 0 Å². The number of furan rings is 1. The van der Waals surface area contributed by atoms with E-state index in [1.54, 1.807) is 36.5 Å². The van der Waals surface area contributed by atoms with E-state index < -0.39 is 6.17 Å². The predicted molar refractivity (Wildman–Crippen MR) is 96.0 cm³/mol. The van der Waals surface area contributed by atoms with Gasteiger partial charge in [0.1, 0.15) is 12.0 Å². The van der Waals surface area contributed by atoms with Crippen LogP contribution in [0.25, 0.3) is 0 Å². The fourth-order valence-electron chi connectivity index (χ4n) is 3.00. The molecule has 26 heavy (non-hydrogen) atoms. The molecule has 2 amide bonds. The number of hydrogen-bond donors (Lipinski definition) is 2. The third kappa shape index (κ3) is 2.69. The zero-order valence-corrected chi connectivity index (χ0v) is 14.0. The molecule has 130 valence electrons. The van der Waals surface area contributed by atoms with E-state index in [0.717, 1.165) is 5.56 Å². The molecule has 0 fully saturated rings. The van der Waals surface area contributed by atoms with Crippen molar-refractivity contribution in [3.8, 4) is 0 Å². The monoisotopic (exact) mass is 348 g/mol. The van der Waals surface area contributed by atoms with Crippen molar-refractivity contribution in [3.05, 3.63) is 77.9 Å². The van der Waals surface area contributed by atoms with E-state index in [4.69, 9.17) is 4.42 Å². The number of nitrogens with one attached hydrogen (secondary N) is 2. The van der Waals surface area contributed by atoms with Gasteiger partial charge in [-0.1, -0.05) is 18.2 Å². The molecule has 1 aromatic carbocycles. The van der Waals surface area contributed by atoms with Crippen LogP contribution in [0.3, 0.4) is 0 Å². The number of aromatic nitrogens is 1. The number of pyridine rings is 1. The third-order valence-electron chi connectivity index (χ3n) is 4.27. The lowest BCUT2D eigenvalue weighted by Gasteiger charge is -2.36. The molecule has 3 heterocycles. The maximum atomic E-state index is 12.5. The van der Waals surface area contributed by atoms with Crippen LogP contribution in [0, 0.1) is 0 Å². The molecule has 0 bridgehead atoms. The fourth-order valence-corrected chi connectivity index (χ4v) is 3.00. The molecular formula is C19H16N4O3. The van der Waals surface area contributed by atoms with E-state index in [2.05, 4.69) is 15.6 Å². The Labute approximate surface area is 149 Å². The summed E-state index contributed by atoms with van der Waals surface area (Å²) in [6.45, 7) is 0. The van der Waals surface area contributed by atoms with Gasteiger partial charge in [0.15, 0.2) is 5.76 Å². The number of hydrogen-bond acceptors (Lipinski definition) is 5. The van der Waals surface area contributed by atoms with E-state index in [0.29, 0.717) is 17.1 Å². The molecule has 1 aliphatic heterocycles. The number of amides is 2. The van der Waals surface area contributed by atoms with Crippen LogP contribution in [0.15, 0.2) is 65.4 Å². The molecule has 3 aromatic rings. The zero-order valence-electron chi connectivity index (χ0n) is 14.0. The van der Waals surface area contributed by atoms with Gasteiger partial charge in [0.05, 0.1) is 11.8 Å². The zero-order chi connectivity index (χ0) is 18.1. The predicted octanol–water partition coefficient (Wildman–Crippen LogP) is 2.81. The van der Waals surface area contributed by atoms with Crippen molar-refractivity contribution in [1.29, 1.82) is 0 Å². The molecule has 1 atom stereocenters. The molecule has 7 heteroatoms. The number of fused-ring (bicyclic) bond motifs is 1. The van der Waals surface area contributed by atoms with Crippen molar-refractivity contribution in [2.75, 3.05) is 17.3 Å². The number of nitrogens with zero attached hydrogens (tertiary/aromatic N) is 2. The Bertz CT molecular complexity index is 968. The highest BCUT2D eigenvalue weighted by Gasteiger charge is 2.31. The van der Waals surface area contributed by atoms with Gasteiger partial charge in [-0.05, 0) is 30.3 Å². The third-order valence-corrected chi connectivity index (χ3v) is 4.27. The van der Waals surface area contributed by atoms with Crippen LogP contribution in [-0.2, 0) is 0 Å². The summed E-state index contributed by atoms with van der Waals surface area (Å²) in [6.07, 6.45) is 2.63. The minimum Gasteiger partial charge on any atom is -0.459 e. The van der Waals surface area contributed by atoms with Gasteiger partial charge in [0.2, 0.25) is 0 Å². The Balaban J connectivity index is 1.69. The lowest BCUT2D eigenvalue weighted by molar-refractivity contribution is 0.0927. The molecule has 0 saturated carbocycles. The van der Waals surface area contributed by atoms with E-state index in [1.165, 1.54) is 6.26 Å². The summed E-state index contributed by atoms with van der Waals surface area (Å²) >= 11 is 0. The second-order valence-electron chi connectivity index (χ2n) is 5.88. The first-order valence-corrected chi connectivity index (χ1v) is 8.07. The maximum Gasteiger partial charge on any atom is 0.291 e. The molecule has 2 aromatic heterocycles. The molecule has 7 nitrogen and oxygen atoms in total. The summed E-state index contributed by atoms with van der Waals surface area (Å²) < 4.78 is 5.14. The fraction of sp³-hybridized carbons (Fsp3) is 0.105. The summed E-state index contributed by atoms with van der Waals surface area (Å²) in [6, 6.07) is 14.0. The number of anilines is 2. The Kier molecular flexibility index (Phi) is 3.89. The van der Waals surface area contributed by atoms with Crippen LogP contribution >= 0.6 is 0 Å². The Hall–Kier alpha value is -3.61. The molecule has 0 radical (unpaired) electrons. The highest BCUT2D eigenvalue weighted by molar-refractivity contribution is 6.03. The van der Waals surface area contributed by atoms with Crippen LogP contribution in [0.4, 0.5) is 11.5 Å². The van der Waals surface area contributed by atoms with Gasteiger partial charge in [-0.15, -0.1) is 0 Å². The molecule has 2 N–H and O–H groups in total. The Morgan fingerprint density at radius 2 is 2.04 bits per heavy atom. The second-order valence-corrected chi connectivity index (χ2v) is 5.88. The summed E-state index contributed by atoms with van der Waals surface area (Å²) in [5, 5.41) is 5.80. The van der Waals surface area contributed by atoms with Gasteiger partial charge < -0.3 is 20.0 Å².